The first-order chi connectivity index (χ1) is 10.9. The Labute approximate surface area is 142 Å². The van der Waals surface area contributed by atoms with E-state index in [2.05, 4.69) is 20.8 Å². The standard InChI is InChI=1S/C21H35NO/c1-13-7-9-15-10-11-17-16-6-4-5-14(16)8-12-18(17)21(15,19(22)23)20(13,2)3/h13-18H,4-12H2,1-3H3,(H2,22,23). The van der Waals surface area contributed by atoms with Crippen LogP contribution in [0.2, 0.25) is 0 Å². The molecule has 23 heavy (non-hydrogen) atoms. The SMILES string of the molecule is CC1CCC2CCC3C4CCCC4CCC3C2(C(N)=O)C1(C)C. The third-order valence-electron chi connectivity index (χ3n) is 9.36. The van der Waals surface area contributed by atoms with Gasteiger partial charge in [0.2, 0.25) is 5.91 Å². The van der Waals surface area contributed by atoms with Crippen LogP contribution in [0.15, 0.2) is 0 Å². The van der Waals surface area contributed by atoms with E-state index in [4.69, 9.17) is 5.73 Å². The number of hydrogen-bond acceptors (Lipinski definition) is 1. The van der Waals surface area contributed by atoms with Crippen LogP contribution in [0.25, 0.3) is 0 Å². The van der Waals surface area contributed by atoms with Crippen molar-refractivity contribution in [2.45, 2.75) is 78.6 Å². The minimum absolute atomic E-state index is 0.0465. The predicted octanol–water partition coefficient (Wildman–Crippen LogP) is 4.77. The molecule has 0 aromatic rings. The van der Waals surface area contributed by atoms with Crippen LogP contribution < -0.4 is 5.73 Å². The summed E-state index contributed by atoms with van der Waals surface area (Å²) in [7, 11) is 0. The highest BCUT2D eigenvalue weighted by molar-refractivity contribution is 5.83. The number of primary amides is 1. The van der Waals surface area contributed by atoms with Crippen molar-refractivity contribution in [2.75, 3.05) is 0 Å². The normalized spacial score (nSPS) is 51.4. The van der Waals surface area contributed by atoms with Crippen molar-refractivity contribution in [3.05, 3.63) is 0 Å². The lowest BCUT2D eigenvalue weighted by Gasteiger charge is -2.65. The largest absolute Gasteiger partial charge is 0.369 e. The molecule has 0 bridgehead atoms. The molecule has 0 saturated heterocycles. The quantitative estimate of drug-likeness (QED) is 0.744. The average molecular weight is 318 g/mol. The second kappa shape index (κ2) is 5.23. The Morgan fingerprint density at radius 1 is 0.913 bits per heavy atom. The fourth-order valence-corrected chi connectivity index (χ4v) is 8.10. The maximum atomic E-state index is 13.0. The van der Waals surface area contributed by atoms with Crippen molar-refractivity contribution in [3.63, 3.8) is 0 Å². The molecular formula is C21H35NO. The number of nitrogens with two attached hydrogens (primary N) is 1. The fourth-order valence-electron chi connectivity index (χ4n) is 8.10. The Hall–Kier alpha value is -0.530. The lowest BCUT2D eigenvalue weighted by molar-refractivity contribution is -0.191. The van der Waals surface area contributed by atoms with Gasteiger partial charge in [-0.1, -0.05) is 33.6 Å². The third-order valence-corrected chi connectivity index (χ3v) is 9.36. The molecule has 7 atom stereocenters. The second-order valence-electron chi connectivity index (χ2n) is 9.91. The average Bonchev–Trinajstić information content (AvgIpc) is 2.98. The van der Waals surface area contributed by atoms with Gasteiger partial charge in [0.25, 0.3) is 0 Å². The zero-order valence-electron chi connectivity index (χ0n) is 15.3. The van der Waals surface area contributed by atoms with Gasteiger partial charge in [-0.2, -0.15) is 0 Å². The van der Waals surface area contributed by atoms with Gasteiger partial charge >= 0.3 is 0 Å². The van der Waals surface area contributed by atoms with Gasteiger partial charge in [0.1, 0.15) is 0 Å². The van der Waals surface area contributed by atoms with Crippen LogP contribution in [0.5, 0.6) is 0 Å². The van der Waals surface area contributed by atoms with Crippen molar-refractivity contribution in [2.24, 2.45) is 52.1 Å². The highest BCUT2D eigenvalue weighted by Gasteiger charge is 2.67. The molecule has 130 valence electrons. The van der Waals surface area contributed by atoms with E-state index in [0.717, 1.165) is 17.8 Å². The van der Waals surface area contributed by atoms with Crippen LogP contribution in [0.1, 0.15) is 78.6 Å². The lowest BCUT2D eigenvalue weighted by atomic mass is 9.38. The van der Waals surface area contributed by atoms with Gasteiger partial charge in [0.05, 0.1) is 5.41 Å². The number of rotatable bonds is 1. The van der Waals surface area contributed by atoms with E-state index in [1.165, 1.54) is 57.8 Å². The van der Waals surface area contributed by atoms with Crippen LogP contribution in [0.3, 0.4) is 0 Å². The minimum atomic E-state index is -0.235. The molecule has 1 amide bonds. The summed E-state index contributed by atoms with van der Waals surface area (Å²) in [5, 5.41) is 0. The summed E-state index contributed by atoms with van der Waals surface area (Å²) in [6, 6.07) is 0. The maximum absolute atomic E-state index is 13.0. The number of hydrogen-bond donors (Lipinski definition) is 1. The Balaban J connectivity index is 1.80. The molecule has 0 spiro atoms. The fraction of sp³-hybridized carbons (Fsp3) is 0.952. The molecule has 2 nitrogen and oxygen atoms in total. The summed E-state index contributed by atoms with van der Waals surface area (Å²) >= 11 is 0. The van der Waals surface area contributed by atoms with E-state index in [1.807, 2.05) is 0 Å². The lowest BCUT2D eigenvalue weighted by Crippen LogP contribution is -2.66. The van der Waals surface area contributed by atoms with Crippen molar-refractivity contribution >= 4 is 5.91 Å². The van der Waals surface area contributed by atoms with Gasteiger partial charge in [-0.25, -0.2) is 0 Å². The molecule has 0 aromatic heterocycles. The van der Waals surface area contributed by atoms with E-state index < -0.39 is 0 Å². The summed E-state index contributed by atoms with van der Waals surface area (Å²) in [5.41, 5.74) is 6.07. The molecule has 7 unspecified atom stereocenters. The second-order valence-corrected chi connectivity index (χ2v) is 9.91. The zero-order valence-corrected chi connectivity index (χ0v) is 15.3. The molecule has 4 saturated carbocycles. The summed E-state index contributed by atoms with van der Waals surface area (Å²) in [6.07, 6.45) is 12.0. The number of carbonyl (C=O) groups is 1. The molecule has 4 fully saturated rings. The monoisotopic (exact) mass is 317 g/mol. The van der Waals surface area contributed by atoms with E-state index in [0.29, 0.717) is 17.8 Å². The third kappa shape index (κ3) is 1.90. The van der Waals surface area contributed by atoms with Crippen LogP contribution in [-0.2, 0) is 4.79 Å². The highest BCUT2D eigenvalue weighted by atomic mass is 16.1. The summed E-state index contributed by atoms with van der Waals surface area (Å²) in [6.45, 7) is 7.11. The first kappa shape index (κ1) is 16.0. The smallest absolute Gasteiger partial charge is 0.224 e. The van der Waals surface area contributed by atoms with E-state index in [1.54, 1.807) is 0 Å². The molecular weight excluding hydrogens is 282 g/mol. The summed E-state index contributed by atoms with van der Waals surface area (Å²) in [4.78, 5) is 13.0. The minimum Gasteiger partial charge on any atom is -0.369 e. The maximum Gasteiger partial charge on any atom is 0.224 e. The first-order valence-electron chi connectivity index (χ1n) is 10.2. The van der Waals surface area contributed by atoms with Gasteiger partial charge in [0.15, 0.2) is 0 Å². The van der Waals surface area contributed by atoms with Crippen molar-refractivity contribution in [3.8, 4) is 0 Å². The predicted molar refractivity (Wildman–Crippen MR) is 93.6 cm³/mol. The first-order valence-corrected chi connectivity index (χ1v) is 10.2. The number of carbonyl (C=O) groups excluding carboxylic acids is 1. The van der Waals surface area contributed by atoms with Crippen molar-refractivity contribution in [1.82, 2.24) is 0 Å². The summed E-state index contributed by atoms with van der Waals surface area (Å²) < 4.78 is 0. The van der Waals surface area contributed by atoms with Crippen molar-refractivity contribution in [1.29, 1.82) is 0 Å². The van der Waals surface area contributed by atoms with E-state index >= 15 is 0 Å². The molecule has 4 rings (SSSR count). The van der Waals surface area contributed by atoms with Gasteiger partial charge in [-0.3, -0.25) is 4.79 Å². The zero-order chi connectivity index (χ0) is 16.4. The van der Waals surface area contributed by atoms with E-state index in [-0.39, 0.29) is 16.7 Å². The van der Waals surface area contributed by atoms with Gasteiger partial charge in [-0.05, 0) is 85.9 Å². The topological polar surface area (TPSA) is 43.1 Å². The molecule has 0 heterocycles. The number of amides is 1. The Kier molecular flexibility index (Phi) is 3.63. The molecule has 4 aliphatic rings. The van der Waals surface area contributed by atoms with E-state index in [9.17, 15) is 4.79 Å². The molecule has 0 radical (unpaired) electrons. The Morgan fingerprint density at radius 3 is 2.39 bits per heavy atom. The van der Waals surface area contributed by atoms with Crippen LogP contribution in [-0.4, -0.2) is 5.91 Å². The van der Waals surface area contributed by atoms with Crippen LogP contribution >= 0.6 is 0 Å². The molecule has 0 aromatic carbocycles. The van der Waals surface area contributed by atoms with Gasteiger partial charge in [-0.15, -0.1) is 0 Å². The molecule has 2 heteroatoms. The van der Waals surface area contributed by atoms with Gasteiger partial charge < -0.3 is 5.73 Å². The number of fused-ring (bicyclic) bond motifs is 5. The molecule has 2 N–H and O–H groups in total. The van der Waals surface area contributed by atoms with Crippen LogP contribution in [0, 0.1) is 46.3 Å². The Bertz CT molecular complexity index is 498. The van der Waals surface area contributed by atoms with Gasteiger partial charge in [0, 0.05) is 0 Å². The molecule has 4 aliphatic carbocycles. The van der Waals surface area contributed by atoms with Crippen LogP contribution in [0.4, 0.5) is 0 Å². The van der Waals surface area contributed by atoms with Crippen molar-refractivity contribution < 1.29 is 4.79 Å². The summed E-state index contributed by atoms with van der Waals surface area (Å²) in [5.74, 6) is 4.41. The highest BCUT2D eigenvalue weighted by Crippen LogP contribution is 2.69. The Morgan fingerprint density at radius 2 is 1.65 bits per heavy atom. The molecule has 0 aliphatic heterocycles.